The Bertz CT molecular complexity index is 793. The molecule has 0 radical (unpaired) electrons. The van der Waals surface area contributed by atoms with Gasteiger partial charge in [-0.15, -0.1) is 0 Å². The monoisotopic (exact) mass is 357 g/mol. The second-order valence-corrected chi connectivity index (χ2v) is 7.26. The van der Waals surface area contributed by atoms with Crippen molar-refractivity contribution < 1.29 is 14.4 Å². The van der Waals surface area contributed by atoms with E-state index in [1.807, 2.05) is 4.90 Å². The molecule has 0 unspecified atom stereocenters. The van der Waals surface area contributed by atoms with Gasteiger partial charge in [0.25, 0.3) is 5.91 Å². The molecule has 8 heteroatoms. The minimum Gasteiger partial charge on any atom is -0.386 e. The molecule has 0 bridgehead atoms. The van der Waals surface area contributed by atoms with Crippen LogP contribution in [0.15, 0.2) is 23.1 Å². The molecule has 1 aliphatic carbocycles. The number of carbonyl (C=O) groups is 1. The Hall–Kier alpha value is -2.48. The molecule has 1 atom stereocenters. The lowest BCUT2D eigenvalue weighted by atomic mass is 9.96. The molecule has 0 saturated carbocycles. The van der Waals surface area contributed by atoms with E-state index in [0.29, 0.717) is 25.2 Å². The van der Waals surface area contributed by atoms with Gasteiger partial charge in [-0.3, -0.25) is 9.78 Å². The summed E-state index contributed by atoms with van der Waals surface area (Å²) in [4.78, 5) is 24.7. The van der Waals surface area contributed by atoms with E-state index in [9.17, 15) is 9.90 Å². The lowest BCUT2D eigenvalue weighted by Gasteiger charge is -2.29. The quantitative estimate of drug-likeness (QED) is 0.874. The molecular weight excluding hydrogens is 334 g/mol. The van der Waals surface area contributed by atoms with Crippen LogP contribution in [0.5, 0.6) is 0 Å². The smallest absolute Gasteiger partial charge is 0.276 e. The summed E-state index contributed by atoms with van der Waals surface area (Å²) >= 11 is 0. The number of fused-ring (bicyclic) bond motifs is 1. The van der Waals surface area contributed by atoms with Gasteiger partial charge in [0.05, 0.1) is 12.7 Å². The zero-order chi connectivity index (χ0) is 18.1. The van der Waals surface area contributed by atoms with Crippen LogP contribution in [0.4, 0.5) is 5.82 Å². The molecule has 2 aliphatic rings. The fourth-order valence-electron chi connectivity index (χ4n) is 3.88. The number of hydrogen-bond donors (Lipinski definition) is 1. The van der Waals surface area contributed by atoms with E-state index in [1.54, 1.807) is 30.5 Å². The number of aryl methyl sites for hydroxylation is 1. The third-order valence-corrected chi connectivity index (χ3v) is 5.24. The molecule has 3 heterocycles. The van der Waals surface area contributed by atoms with Gasteiger partial charge in [-0.25, -0.2) is 4.98 Å². The average molecular weight is 357 g/mol. The zero-order valence-electron chi connectivity index (χ0n) is 14.9. The van der Waals surface area contributed by atoms with E-state index < -0.39 is 5.60 Å². The Morgan fingerprint density at radius 3 is 3.04 bits per heavy atom. The summed E-state index contributed by atoms with van der Waals surface area (Å²) in [7, 11) is 1.70. The van der Waals surface area contributed by atoms with Crippen LogP contribution >= 0.6 is 0 Å². The van der Waals surface area contributed by atoms with Crippen LogP contribution in [0.3, 0.4) is 0 Å². The molecule has 1 N–H and O–H groups in total. The number of hydrogen-bond acceptors (Lipinski definition) is 7. The number of anilines is 1. The summed E-state index contributed by atoms with van der Waals surface area (Å²) in [6.45, 7) is 1.33. The van der Waals surface area contributed by atoms with Crippen LogP contribution < -0.4 is 4.90 Å². The zero-order valence-corrected chi connectivity index (χ0v) is 14.9. The maximum atomic E-state index is 12.8. The van der Waals surface area contributed by atoms with E-state index >= 15 is 0 Å². The molecule has 1 aliphatic heterocycles. The summed E-state index contributed by atoms with van der Waals surface area (Å²) in [5, 5.41) is 15.0. The van der Waals surface area contributed by atoms with Gasteiger partial charge in [-0.05, 0) is 25.7 Å². The molecule has 138 valence electrons. The van der Waals surface area contributed by atoms with Crippen molar-refractivity contribution in [2.24, 2.45) is 0 Å². The minimum absolute atomic E-state index is 0.191. The van der Waals surface area contributed by atoms with Gasteiger partial charge in [0, 0.05) is 44.5 Å². The third-order valence-electron chi connectivity index (χ3n) is 5.24. The van der Waals surface area contributed by atoms with Crippen molar-refractivity contribution in [2.75, 3.05) is 31.6 Å². The maximum absolute atomic E-state index is 12.8. The van der Waals surface area contributed by atoms with Gasteiger partial charge < -0.3 is 19.4 Å². The Morgan fingerprint density at radius 2 is 2.23 bits per heavy atom. The summed E-state index contributed by atoms with van der Waals surface area (Å²) in [5.41, 5.74) is 0.355. The molecule has 1 amide bonds. The van der Waals surface area contributed by atoms with Crippen LogP contribution in [0.1, 0.15) is 41.1 Å². The fourth-order valence-corrected chi connectivity index (χ4v) is 3.88. The third kappa shape index (κ3) is 3.16. The number of aromatic nitrogens is 3. The first-order valence-electron chi connectivity index (χ1n) is 9.02. The number of carbonyl (C=O) groups excluding carboxylic acids is 1. The Morgan fingerprint density at radius 1 is 1.38 bits per heavy atom. The predicted octanol–water partition coefficient (Wildman–Crippen LogP) is 1.06. The van der Waals surface area contributed by atoms with Crippen molar-refractivity contribution in [3.05, 3.63) is 35.6 Å². The molecular formula is C18H23N5O3. The van der Waals surface area contributed by atoms with Crippen molar-refractivity contribution in [1.29, 1.82) is 0 Å². The number of rotatable bonds is 4. The highest BCUT2D eigenvalue weighted by Crippen LogP contribution is 2.28. The summed E-state index contributed by atoms with van der Waals surface area (Å²) in [5.74, 6) is 1.38. The van der Waals surface area contributed by atoms with E-state index in [0.717, 1.165) is 42.8 Å². The van der Waals surface area contributed by atoms with Crippen molar-refractivity contribution in [3.63, 3.8) is 0 Å². The molecule has 0 aromatic carbocycles. The average Bonchev–Trinajstić information content (AvgIpc) is 3.26. The first kappa shape index (κ1) is 17.0. The van der Waals surface area contributed by atoms with Crippen LogP contribution in [0, 0.1) is 0 Å². The van der Waals surface area contributed by atoms with Gasteiger partial charge in [-0.2, -0.15) is 0 Å². The standard InChI is InChI=1S/C18H23N5O3/c1-22(17(24)16-13-4-2-3-5-14(13)26-21-16)11-18(25)6-9-23(12-18)15-10-19-7-8-20-15/h7-8,10,25H,2-6,9,11-12H2,1H3/t18-/m1/s1. The highest BCUT2D eigenvalue weighted by atomic mass is 16.5. The van der Waals surface area contributed by atoms with Crippen LogP contribution in [0.25, 0.3) is 0 Å². The molecule has 4 rings (SSSR count). The van der Waals surface area contributed by atoms with Gasteiger partial charge >= 0.3 is 0 Å². The SMILES string of the molecule is CN(C[C@]1(O)CCN(c2cnccn2)C1)C(=O)c1noc2c1CCCC2. The number of nitrogens with zero attached hydrogens (tertiary/aromatic N) is 5. The molecule has 26 heavy (non-hydrogen) atoms. The number of amides is 1. The van der Waals surface area contributed by atoms with E-state index in [4.69, 9.17) is 4.52 Å². The first-order chi connectivity index (χ1) is 12.6. The minimum atomic E-state index is -0.980. The first-order valence-corrected chi connectivity index (χ1v) is 9.02. The predicted molar refractivity (Wildman–Crippen MR) is 93.9 cm³/mol. The van der Waals surface area contributed by atoms with Crippen molar-refractivity contribution in [3.8, 4) is 0 Å². The lowest BCUT2D eigenvalue weighted by Crippen LogP contribution is -2.46. The normalized spacial score (nSPS) is 22.3. The van der Waals surface area contributed by atoms with Crippen molar-refractivity contribution in [2.45, 2.75) is 37.7 Å². The number of likely N-dealkylation sites (N-methyl/N-ethyl adjacent to an activating group) is 1. The fraction of sp³-hybridized carbons (Fsp3) is 0.556. The summed E-state index contributed by atoms with van der Waals surface area (Å²) in [6.07, 6.45) is 9.31. The molecule has 2 aromatic rings. The Labute approximate surface area is 151 Å². The topological polar surface area (TPSA) is 95.6 Å². The van der Waals surface area contributed by atoms with Crippen molar-refractivity contribution in [1.82, 2.24) is 20.0 Å². The maximum Gasteiger partial charge on any atom is 0.276 e. The van der Waals surface area contributed by atoms with Crippen LogP contribution in [-0.2, 0) is 12.8 Å². The van der Waals surface area contributed by atoms with E-state index in [-0.39, 0.29) is 12.5 Å². The molecule has 2 aromatic heterocycles. The van der Waals surface area contributed by atoms with E-state index in [2.05, 4.69) is 15.1 Å². The molecule has 1 fully saturated rings. The summed E-state index contributed by atoms with van der Waals surface area (Å²) < 4.78 is 5.34. The number of β-amino-alcohol motifs (C(OH)–C–C–N with tert-alkyl or cyclic N) is 1. The van der Waals surface area contributed by atoms with Crippen molar-refractivity contribution >= 4 is 11.7 Å². The van der Waals surface area contributed by atoms with E-state index in [1.165, 1.54) is 0 Å². The lowest BCUT2D eigenvalue weighted by molar-refractivity contribution is 0.0259. The van der Waals surface area contributed by atoms with Gasteiger partial charge in [0.1, 0.15) is 17.2 Å². The van der Waals surface area contributed by atoms with Gasteiger partial charge in [0.15, 0.2) is 5.69 Å². The van der Waals surface area contributed by atoms with Gasteiger partial charge in [-0.1, -0.05) is 5.16 Å². The molecule has 8 nitrogen and oxygen atoms in total. The molecule has 0 spiro atoms. The molecule has 1 saturated heterocycles. The van der Waals surface area contributed by atoms with Crippen LogP contribution in [-0.4, -0.2) is 63.3 Å². The Kier molecular flexibility index (Phi) is 4.36. The second kappa shape index (κ2) is 6.68. The highest BCUT2D eigenvalue weighted by molar-refractivity contribution is 5.93. The summed E-state index contributed by atoms with van der Waals surface area (Å²) in [6, 6.07) is 0. The van der Waals surface area contributed by atoms with Crippen LogP contribution in [0.2, 0.25) is 0 Å². The Balaban J connectivity index is 1.44. The largest absolute Gasteiger partial charge is 0.386 e. The number of aliphatic hydroxyl groups is 1. The van der Waals surface area contributed by atoms with Gasteiger partial charge in [0.2, 0.25) is 0 Å². The highest BCUT2D eigenvalue weighted by Gasteiger charge is 2.39. The second-order valence-electron chi connectivity index (χ2n) is 7.26.